The first-order valence-corrected chi connectivity index (χ1v) is 6.90. The average Bonchev–Trinajstić information content (AvgIpc) is 2.86. The highest BCUT2D eigenvalue weighted by molar-refractivity contribution is 7.15. The van der Waals surface area contributed by atoms with Crippen molar-refractivity contribution in [1.82, 2.24) is 4.98 Å². The molecule has 0 aromatic carbocycles. The summed E-state index contributed by atoms with van der Waals surface area (Å²) >= 11 is 1.55. The highest BCUT2D eigenvalue weighted by atomic mass is 32.1. The Morgan fingerprint density at radius 1 is 1.59 bits per heavy atom. The molecule has 2 atom stereocenters. The quantitative estimate of drug-likeness (QED) is 0.868. The first-order chi connectivity index (χ1) is 8.06. The maximum Gasteiger partial charge on any atom is 0.229 e. The Labute approximate surface area is 106 Å². The van der Waals surface area contributed by atoms with Gasteiger partial charge in [0.2, 0.25) is 5.91 Å². The third-order valence-electron chi connectivity index (χ3n) is 3.17. The standard InChI is InChI=1S/C12H19N3OS/c1-7(2)10-6-14-12(17-10)15-11(16)8-3-4-9(13)5-8/h6-9H,3-5,13H2,1-2H3,(H,14,15,16). The van der Waals surface area contributed by atoms with E-state index in [0.717, 1.165) is 19.3 Å². The molecule has 0 radical (unpaired) electrons. The van der Waals surface area contributed by atoms with Crippen LogP contribution < -0.4 is 11.1 Å². The molecule has 3 N–H and O–H groups in total. The lowest BCUT2D eigenvalue weighted by Crippen LogP contribution is -2.23. The molecule has 1 aliphatic rings. The highest BCUT2D eigenvalue weighted by Gasteiger charge is 2.28. The van der Waals surface area contributed by atoms with Crippen LogP contribution in [-0.2, 0) is 4.79 Å². The molecule has 1 aromatic rings. The van der Waals surface area contributed by atoms with Crippen LogP contribution in [0.2, 0.25) is 0 Å². The van der Waals surface area contributed by atoms with Crippen molar-refractivity contribution in [2.24, 2.45) is 11.7 Å². The third kappa shape index (κ3) is 3.04. The summed E-state index contributed by atoms with van der Waals surface area (Å²) < 4.78 is 0. The molecule has 1 amide bonds. The summed E-state index contributed by atoms with van der Waals surface area (Å²) in [5.74, 6) is 0.595. The van der Waals surface area contributed by atoms with Gasteiger partial charge in [-0.2, -0.15) is 0 Å². The summed E-state index contributed by atoms with van der Waals surface area (Å²) in [6, 6.07) is 0.188. The fraction of sp³-hybridized carbons (Fsp3) is 0.667. The first kappa shape index (κ1) is 12.5. The summed E-state index contributed by atoms with van der Waals surface area (Å²) in [6.07, 6.45) is 4.49. The Morgan fingerprint density at radius 2 is 2.35 bits per heavy atom. The number of nitrogens with one attached hydrogen (secondary N) is 1. The minimum atomic E-state index is 0.0661. The molecule has 1 aliphatic carbocycles. The van der Waals surface area contributed by atoms with Gasteiger partial charge >= 0.3 is 0 Å². The van der Waals surface area contributed by atoms with Crippen molar-refractivity contribution in [2.75, 3.05) is 5.32 Å². The zero-order chi connectivity index (χ0) is 12.4. The fourth-order valence-electron chi connectivity index (χ4n) is 2.07. The van der Waals surface area contributed by atoms with E-state index in [2.05, 4.69) is 24.1 Å². The average molecular weight is 253 g/mol. The molecule has 0 saturated heterocycles. The van der Waals surface area contributed by atoms with Crippen LogP contribution in [0, 0.1) is 5.92 Å². The predicted molar refractivity (Wildman–Crippen MR) is 70.1 cm³/mol. The van der Waals surface area contributed by atoms with Gasteiger partial charge in [-0.25, -0.2) is 4.98 Å². The smallest absolute Gasteiger partial charge is 0.229 e. The van der Waals surface area contributed by atoms with Crippen molar-refractivity contribution < 1.29 is 4.79 Å². The van der Waals surface area contributed by atoms with E-state index in [-0.39, 0.29) is 17.9 Å². The van der Waals surface area contributed by atoms with E-state index >= 15 is 0 Å². The summed E-state index contributed by atoms with van der Waals surface area (Å²) in [5.41, 5.74) is 5.81. The number of hydrogen-bond acceptors (Lipinski definition) is 4. The van der Waals surface area contributed by atoms with Gasteiger partial charge in [-0.05, 0) is 25.2 Å². The topological polar surface area (TPSA) is 68.0 Å². The largest absolute Gasteiger partial charge is 0.328 e. The zero-order valence-electron chi connectivity index (χ0n) is 10.3. The second-order valence-electron chi connectivity index (χ2n) is 4.98. The van der Waals surface area contributed by atoms with Crippen LogP contribution in [0.5, 0.6) is 0 Å². The number of carbonyl (C=O) groups is 1. The van der Waals surface area contributed by atoms with Gasteiger partial charge in [-0.3, -0.25) is 4.79 Å². The number of nitrogens with two attached hydrogens (primary N) is 1. The molecule has 2 rings (SSSR count). The van der Waals surface area contributed by atoms with Gasteiger partial charge in [-0.1, -0.05) is 13.8 Å². The van der Waals surface area contributed by atoms with Crippen molar-refractivity contribution in [3.8, 4) is 0 Å². The predicted octanol–water partition coefficient (Wildman–Crippen LogP) is 2.33. The van der Waals surface area contributed by atoms with Gasteiger partial charge in [0.1, 0.15) is 0 Å². The molecule has 94 valence electrons. The summed E-state index contributed by atoms with van der Waals surface area (Å²) in [7, 11) is 0. The molecule has 1 aromatic heterocycles. The molecule has 1 saturated carbocycles. The molecule has 0 spiro atoms. The lowest BCUT2D eigenvalue weighted by molar-refractivity contribution is -0.119. The van der Waals surface area contributed by atoms with E-state index in [1.165, 1.54) is 4.88 Å². The summed E-state index contributed by atoms with van der Waals surface area (Å²) in [5, 5.41) is 3.60. The van der Waals surface area contributed by atoms with Crippen LogP contribution in [0.4, 0.5) is 5.13 Å². The van der Waals surface area contributed by atoms with Gasteiger partial charge < -0.3 is 11.1 Å². The monoisotopic (exact) mass is 253 g/mol. The van der Waals surface area contributed by atoms with E-state index in [1.807, 2.05) is 6.20 Å². The number of amides is 1. The van der Waals surface area contributed by atoms with Crippen LogP contribution >= 0.6 is 11.3 Å². The second kappa shape index (κ2) is 5.14. The van der Waals surface area contributed by atoms with Gasteiger partial charge in [0.05, 0.1) is 0 Å². The van der Waals surface area contributed by atoms with E-state index < -0.39 is 0 Å². The molecule has 0 aliphatic heterocycles. The fourth-order valence-corrected chi connectivity index (χ4v) is 2.89. The number of rotatable bonds is 3. The minimum absolute atomic E-state index is 0.0661. The van der Waals surface area contributed by atoms with Crippen LogP contribution in [0.15, 0.2) is 6.20 Å². The zero-order valence-corrected chi connectivity index (χ0v) is 11.1. The SMILES string of the molecule is CC(C)c1cnc(NC(=O)C2CCC(N)C2)s1. The lowest BCUT2D eigenvalue weighted by Gasteiger charge is -2.08. The molecule has 1 fully saturated rings. The van der Waals surface area contributed by atoms with Crippen LogP contribution in [0.25, 0.3) is 0 Å². The normalized spacial score (nSPS) is 24.2. The van der Waals surface area contributed by atoms with Gasteiger partial charge in [-0.15, -0.1) is 11.3 Å². The molecule has 17 heavy (non-hydrogen) atoms. The molecule has 4 nitrogen and oxygen atoms in total. The van der Waals surface area contributed by atoms with Crippen molar-refractivity contribution >= 4 is 22.4 Å². The Bertz CT molecular complexity index is 402. The van der Waals surface area contributed by atoms with E-state index in [1.54, 1.807) is 11.3 Å². The van der Waals surface area contributed by atoms with Crippen molar-refractivity contribution in [3.63, 3.8) is 0 Å². The maximum absolute atomic E-state index is 11.9. The Balaban J connectivity index is 1.93. The molecular weight excluding hydrogens is 234 g/mol. The number of carbonyl (C=O) groups excluding carboxylic acids is 1. The molecule has 2 unspecified atom stereocenters. The van der Waals surface area contributed by atoms with Gasteiger partial charge in [0, 0.05) is 23.0 Å². The minimum Gasteiger partial charge on any atom is -0.328 e. The van der Waals surface area contributed by atoms with Gasteiger partial charge in [0.15, 0.2) is 5.13 Å². The number of anilines is 1. The van der Waals surface area contributed by atoms with Gasteiger partial charge in [0.25, 0.3) is 0 Å². The van der Waals surface area contributed by atoms with Crippen molar-refractivity contribution in [3.05, 3.63) is 11.1 Å². The molecule has 5 heteroatoms. The second-order valence-corrected chi connectivity index (χ2v) is 6.04. The van der Waals surface area contributed by atoms with Crippen molar-refractivity contribution in [1.29, 1.82) is 0 Å². The number of thiazole rings is 1. The molecule has 0 bridgehead atoms. The molecule has 1 heterocycles. The Morgan fingerprint density at radius 3 is 2.88 bits per heavy atom. The summed E-state index contributed by atoms with van der Waals surface area (Å²) in [4.78, 5) is 17.4. The van der Waals surface area contributed by atoms with Crippen LogP contribution in [0.3, 0.4) is 0 Å². The number of aromatic nitrogens is 1. The van der Waals surface area contributed by atoms with E-state index in [4.69, 9.17) is 5.73 Å². The third-order valence-corrected chi connectivity index (χ3v) is 4.38. The maximum atomic E-state index is 11.9. The number of hydrogen-bond donors (Lipinski definition) is 2. The summed E-state index contributed by atoms with van der Waals surface area (Å²) in [6.45, 7) is 4.24. The Kier molecular flexibility index (Phi) is 3.79. The molecular formula is C12H19N3OS. The lowest BCUT2D eigenvalue weighted by atomic mass is 10.1. The number of nitrogens with zero attached hydrogens (tertiary/aromatic N) is 1. The van der Waals surface area contributed by atoms with Crippen LogP contribution in [0.1, 0.15) is 43.9 Å². The van der Waals surface area contributed by atoms with E-state index in [0.29, 0.717) is 11.0 Å². The highest BCUT2D eigenvalue weighted by Crippen LogP contribution is 2.28. The van der Waals surface area contributed by atoms with Crippen LogP contribution in [-0.4, -0.2) is 16.9 Å². The first-order valence-electron chi connectivity index (χ1n) is 6.08. The van der Waals surface area contributed by atoms with Crippen molar-refractivity contribution in [2.45, 2.75) is 45.1 Å². The Hall–Kier alpha value is -0.940. The van der Waals surface area contributed by atoms with E-state index in [9.17, 15) is 4.79 Å².